The van der Waals surface area contributed by atoms with E-state index in [0.29, 0.717) is 6.54 Å². The maximum absolute atomic E-state index is 6.20. The first-order valence-electron chi connectivity index (χ1n) is 8.82. The van der Waals surface area contributed by atoms with E-state index in [1.165, 1.54) is 5.56 Å². The first-order valence-corrected chi connectivity index (χ1v) is 9.20. The molecule has 0 aliphatic rings. The SMILES string of the molecule is CCNC(=NCc1nnc2ccccn12)NCCCc1ccccc1Cl. The first-order chi connectivity index (χ1) is 12.8. The highest BCUT2D eigenvalue weighted by atomic mass is 35.5. The highest BCUT2D eigenvalue weighted by Crippen LogP contribution is 2.16. The maximum Gasteiger partial charge on any atom is 0.191 e. The van der Waals surface area contributed by atoms with Gasteiger partial charge >= 0.3 is 0 Å². The Balaban J connectivity index is 1.55. The van der Waals surface area contributed by atoms with Gasteiger partial charge in [-0.3, -0.25) is 4.40 Å². The predicted octanol–water partition coefficient (Wildman–Crippen LogP) is 3.07. The van der Waals surface area contributed by atoms with E-state index in [-0.39, 0.29) is 0 Å². The number of hydrogen-bond acceptors (Lipinski definition) is 3. The van der Waals surface area contributed by atoms with E-state index in [2.05, 4.69) is 31.9 Å². The number of aliphatic imine (C=N–C) groups is 1. The summed E-state index contributed by atoms with van der Waals surface area (Å²) in [7, 11) is 0. The van der Waals surface area contributed by atoms with Crippen LogP contribution in [0.2, 0.25) is 5.02 Å². The minimum atomic E-state index is 0.463. The molecule has 2 aromatic heterocycles. The van der Waals surface area contributed by atoms with Gasteiger partial charge in [0.15, 0.2) is 17.4 Å². The van der Waals surface area contributed by atoms with Crippen LogP contribution in [-0.2, 0) is 13.0 Å². The average molecular weight is 371 g/mol. The zero-order valence-corrected chi connectivity index (χ0v) is 15.6. The van der Waals surface area contributed by atoms with E-state index < -0.39 is 0 Å². The van der Waals surface area contributed by atoms with E-state index in [1.54, 1.807) is 0 Å². The predicted molar refractivity (Wildman–Crippen MR) is 106 cm³/mol. The van der Waals surface area contributed by atoms with Gasteiger partial charge in [0.25, 0.3) is 0 Å². The summed E-state index contributed by atoms with van der Waals surface area (Å²) in [5, 5.41) is 15.8. The summed E-state index contributed by atoms with van der Waals surface area (Å²) < 4.78 is 1.95. The number of aryl methyl sites for hydroxylation is 1. The fraction of sp³-hybridized carbons (Fsp3) is 0.316. The molecule has 0 bridgehead atoms. The Labute approximate surface area is 158 Å². The van der Waals surface area contributed by atoms with Crippen LogP contribution in [0.15, 0.2) is 53.7 Å². The van der Waals surface area contributed by atoms with Gasteiger partial charge in [-0.25, -0.2) is 4.99 Å². The van der Waals surface area contributed by atoms with Crippen molar-refractivity contribution >= 4 is 23.2 Å². The lowest BCUT2D eigenvalue weighted by Crippen LogP contribution is -2.37. The summed E-state index contributed by atoms with van der Waals surface area (Å²) in [6.07, 6.45) is 3.85. The molecule has 0 spiro atoms. The molecule has 7 heteroatoms. The number of guanidine groups is 1. The van der Waals surface area contributed by atoms with Crippen molar-refractivity contribution in [3.05, 3.63) is 65.1 Å². The number of aromatic nitrogens is 3. The highest BCUT2D eigenvalue weighted by Gasteiger charge is 2.05. The third kappa shape index (κ3) is 4.73. The van der Waals surface area contributed by atoms with Crippen LogP contribution < -0.4 is 10.6 Å². The van der Waals surface area contributed by atoms with E-state index in [0.717, 1.165) is 48.4 Å². The van der Waals surface area contributed by atoms with Crippen molar-refractivity contribution in [2.24, 2.45) is 4.99 Å². The Kier molecular flexibility index (Phi) is 6.44. The molecule has 0 radical (unpaired) electrons. The second-order valence-corrected chi connectivity index (χ2v) is 6.27. The van der Waals surface area contributed by atoms with Crippen LogP contribution in [0, 0.1) is 0 Å². The molecule has 3 aromatic rings. The number of fused-ring (bicyclic) bond motifs is 1. The number of nitrogens with zero attached hydrogens (tertiary/aromatic N) is 4. The van der Waals surface area contributed by atoms with Gasteiger partial charge in [-0.15, -0.1) is 10.2 Å². The topological polar surface area (TPSA) is 66.6 Å². The Hall–Kier alpha value is -2.60. The summed E-state index contributed by atoms with van der Waals surface area (Å²) in [6, 6.07) is 13.8. The molecule has 6 nitrogen and oxygen atoms in total. The summed E-state index contributed by atoms with van der Waals surface area (Å²) in [5.74, 6) is 1.59. The van der Waals surface area contributed by atoms with Crippen molar-refractivity contribution in [1.82, 2.24) is 25.2 Å². The van der Waals surface area contributed by atoms with Gasteiger partial charge in [-0.2, -0.15) is 0 Å². The summed E-state index contributed by atoms with van der Waals surface area (Å²) in [6.45, 7) is 4.13. The Morgan fingerprint density at radius 2 is 1.96 bits per heavy atom. The number of rotatable bonds is 7. The molecule has 0 aliphatic heterocycles. The van der Waals surface area contributed by atoms with Crippen LogP contribution in [0.25, 0.3) is 5.65 Å². The zero-order chi connectivity index (χ0) is 18.2. The molecule has 0 saturated heterocycles. The smallest absolute Gasteiger partial charge is 0.191 e. The minimum Gasteiger partial charge on any atom is -0.357 e. The molecule has 26 heavy (non-hydrogen) atoms. The number of halogens is 1. The molecular weight excluding hydrogens is 348 g/mol. The number of pyridine rings is 1. The molecule has 2 heterocycles. The standard InChI is InChI=1S/C19H23ClN6/c1-2-21-19(22-12-7-9-15-8-3-4-10-16(15)20)23-14-18-25-24-17-11-5-6-13-26(17)18/h3-6,8,10-11,13H,2,7,9,12,14H2,1H3,(H2,21,22,23). The molecule has 0 unspecified atom stereocenters. The largest absolute Gasteiger partial charge is 0.357 e. The van der Waals surface area contributed by atoms with Gasteiger partial charge in [0.1, 0.15) is 6.54 Å². The average Bonchev–Trinajstić information content (AvgIpc) is 3.07. The molecule has 0 saturated carbocycles. The van der Waals surface area contributed by atoms with Crippen LogP contribution in [0.1, 0.15) is 24.7 Å². The van der Waals surface area contributed by atoms with Gasteiger partial charge in [-0.05, 0) is 43.5 Å². The van der Waals surface area contributed by atoms with E-state index in [4.69, 9.17) is 11.6 Å². The molecular formula is C19H23ClN6. The van der Waals surface area contributed by atoms with Crippen LogP contribution >= 0.6 is 11.6 Å². The summed E-state index contributed by atoms with van der Waals surface area (Å²) in [4.78, 5) is 4.61. The van der Waals surface area contributed by atoms with Crippen LogP contribution in [0.3, 0.4) is 0 Å². The van der Waals surface area contributed by atoms with E-state index >= 15 is 0 Å². The van der Waals surface area contributed by atoms with Crippen molar-refractivity contribution in [3.63, 3.8) is 0 Å². The van der Waals surface area contributed by atoms with Gasteiger partial charge in [-0.1, -0.05) is 35.9 Å². The zero-order valence-electron chi connectivity index (χ0n) is 14.8. The van der Waals surface area contributed by atoms with Crippen molar-refractivity contribution in [3.8, 4) is 0 Å². The summed E-state index contributed by atoms with van der Waals surface area (Å²) >= 11 is 6.20. The van der Waals surface area contributed by atoms with Gasteiger partial charge in [0, 0.05) is 24.3 Å². The Morgan fingerprint density at radius 1 is 1.12 bits per heavy atom. The molecule has 0 aliphatic carbocycles. The lowest BCUT2D eigenvalue weighted by molar-refractivity contribution is 0.740. The molecule has 0 fully saturated rings. The lowest BCUT2D eigenvalue weighted by Gasteiger charge is -2.11. The van der Waals surface area contributed by atoms with Crippen LogP contribution in [0.5, 0.6) is 0 Å². The molecule has 0 amide bonds. The highest BCUT2D eigenvalue weighted by molar-refractivity contribution is 6.31. The van der Waals surface area contributed by atoms with E-state index in [1.807, 2.05) is 53.9 Å². The monoisotopic (exact) mass is 370 g/mol. The van der Waals surface area contributed by atoms with Crippen molar-refractivity contribution in [2.75, 3.05) is 13.1 Å². The molecule has 2 N–H and O–H groups in total. The number of hydrogen-bond donors (Lipinski definition) is 2. The third-order valence-electron chi connectivity index (χ3n) is 3.98. The normalized spacial score (nSPS) is 11.7. The van der Waals surface area contributed by atoms with Crippen molar-refractivity contribution in [1.29, 1.82) is 0 Å². The number of nitrogens with one attached hydrogen (secondary N) is 2. The molecule has 1 aromatic carbocycles. The fourth-order valence-electron chi connectivity index (χ4n) is 2.68. The van der Waals surface area contributed by atoms with Crippen LogP contribution in [-0.4, -0.2) is 33.6 Å². The Morgan fingerprint density at radius 3 is 2.81 bits per heavy atom. The quantitative estimate of drug-likeness (QED) is 0.381. The van der Waals surface area contributed by atoms with Gasteiger partial charge < -0.3 is 10.6 Å². The van der Waals surface area contributed by atoms with E-state index in [9.17, 15) is 0 Å². The van der Waals surface area contributed by atoms with Crippen LogP contribution in [0.4, 0.5) is 0 Å². The molecule has 136 valence electrons. The molecule has 0 atom stereocenters. The fourth-order valence-corrected chi connectivity index (χ4v) is 2.91. The molecule has 3 rings (SSSR count). The lowest BCUT2D eigenvalue weighted by atomic mass is 10.1. The Bertz CT molecular complexity index is 873. The van der Waals surface area contributed by atoms with Gasteiger partial charge in [0.2, 0.25) is 0 Å². The first kappa shape index (κ1) is 18.2. The number of benzene rings is 1. The third-order valence-corrected chi connectivity index (χ3v) is 4.35. The second-order valence-electron chi connectivity index (χ2n) is 5.86. The maximum atomic E-state index is 6.20. The van der Waals surface area contributed by atoms with Crippen molar-refractivity contribution in [2.45, 2.75) is 26.3 Å². The summed E-state index contributed by atoms with van der Waals surface area (Å²) in [5.41, 5.74) is 2.00. The van der Waals surface area contributed by atoms with Crippen molar-refractivity contribution < 1.29 is 0 Å². The minimum absolute atomic E-state index is 0.463. The van der Waals surface area contributed by atoms with Gasteiger partial charge in [0.05, 0.1) is 0 Å². The second kappa shape index (κ2) is 9.20.